The molecule has 1 aliphatic rings. The zero-order chi connectivity index (χ0) is 8.81. The van der Waals surface area contributed by atoms with Gasteiger partial charge < -0.3 is 0 Å². The average molecular weight is 184 g/mol. The Bertz CT molecular complexity index is 159. The molecule has 2 heteroatoms. The predicted molar refractivity (Wildman–Crippen MR) is 54.5 cm³/mol. The van der Waals surface area contributed by atoms with E-state index in [1.165, 1.54) is 18.6 Å². The third-order valence-corrected chi connectivity index (χ3v) is 3.56. The lowest BCUT2D eigenvalue weighted by Crippen LogP contribution is -2.20. The summed E-state index contributed by atoms with van der Waals surface area (Å²) in [6, 6.07) is 0. The molecule has 68 valence electrons. The number of hydrogen-bond acceptors (Lipinski definition) is 2. The van der Waals surface area contributed by atoms with Crippen molar-refractivity contribution < 1.29 is 4.79 Å². The lowest BCUT2D eigenvalue weighted by molar-refractivity contribution is -0.118. The van der Waals surface area contributed by atoms with Crippen molar-refractivity contribution in [3.8, 4) is 0 Å². The Balaban J connectivity index is 2.24. The number of rotatable bonds is 4. The largest absolute Gasteiger partial charge is 0.298 e. The van der Waals surface area contributed by atoms with Crippen molar-refractivity contribution in [3.05, 3.63) is 12.7 Å². The molecule has 0 aromatic rings. The third-order valence-electron chi connectivity index (χ3n) is 2.13. The molecule has 0 spiro atoms. The Morgan fingerprint density at radius 1 is 1.58 bits per heavy atom. The summed E-state index contributed by atoms with van der Waals surface area (Å²) in [7, 11) is 0. The van der Waals surface area contributed by atoms with Crippen LogP contribution >= 0.6 is 11.8 Å². The number of thioether (sulfide) groups is 1. The first-order valence-corrected chi connectivity index (χ1v) is 5.64. The topological polar surface area (TPSA) is 17.1 Å². The predicted octanol–water partition coefficient (Wildman–Crippen LogP) is 2.81. The van der Waals surface area contributed by atoms with Crippen molar-refractivity contribution in [3.63, 3.8) is 0 Å². The quantitative estimate of drug-likeness (QED) is 0.625. The van der Waals surface area contributed by atoms with Crippen LogP contribution in [-0.2, 0) is 4.79 Å². The summed E-state index contributed by atoms with van der Waals surface area (Å²) in [4.78, 5) is 11.5. The van der Waals surface area contributed by atoms with Gasteiger partial charge in [0.1, 0.15) is 5.78 Å². The second kappa shape index (κ2) is 5.41. The maximum absolute atomic E-state index is 11.5. The first kappa shape index (κ1) is 9.85. The van der Waals surface area contributed by atoms with Crippen molar-refractivity contribution in [2.75, 3.05) is 5.75 Å². The molecule has 1 aliphatic heterocycles. The van der Waals surface area contributed by atoms with E-state index in [2.05, 4.69) is 6.58 Å². The zero-order valence-corrected chi connectivity index (χ0v) is 8.24. The molecule has 0 aromatic carbocycles. The molecule has 1 nitrogen and oxygen atoms in total. The number of Topliss-reactive ketones (excluding diaryl/α,β-unsaturated/α-hetero) is 1. The number of carbonyl (C=O) groups is 1. The van der Waals surface area contributed by atoms with Crippen molar-refractivity contribution in [1.82, 2.24) is 0 Å². The van der Waals surface area contributed by atoms with Gasteiger partial charge in [-0.3, -0.25) is 4.79 Å². The number of carbonyl (C=O) groups excluding carboxylic acids is 1. The smallest absolute Gasteiger partial charge is 0.146 e. The summed E-state index contributed by atoms with van der Waals surface area (Å²) in [5.41, 5.74) is 0. The maximum Gasteiger partial charge on any atom is 0.146 e. The molecule has 0 N–H and O–H groups in total. The highest BCUT2D eigenvalue weighted by atomic mass is 32.2. The van der Waals surface area contributed by atoms with Crippen LogP contribution in [0.1, 0.15) is 32.1 Å². The molecule has 0 aromatic heterocycles. The Kier molecular flexibility index (Phi) is 4.44. The molecule has 0 aliphatic carbocycles. The summed E-state index contributed by atoms with van der Waals surface area (Å²) in [5, 5.41) is 0.304. The zero-order valence-electron chi connectivity index (χ0n) is 7.42. The van der Waals surface area contributed by atoms with Crippen LogP contribution in [0.2, 0.25) is 0 Å². The summed E-state index contributed by atoms with van der Waals surface area (Å²) in [6.07, 6.45) is 6.98. The van der Waals surface area contributed by atoms with Gasteiger partial charge in [0.25, 0.3) is 0 Å². The van der Waals surface area contributed by atoms with Crippen LogP contribution in [0.15, 0.2) is 12.7 Å². The fraction of sp³-hybridized carbons (Fsp3) is 0.700. The van der Waals surface area contributed by atoms with Gasteiger partial charge in [-0.25, -0.2) is 0 Å². The molecule has 1 unspecified atom stereocenters. The van der Waals surface area contributed by atoms with Crippen LogP contribution in [0.5, 0.6) is 0 Å². The van der Waals surface area contributed by atoms with Gasteiger partial charge in [0.05, 0.1) is 5.25 Å². The van der Waals surface area contributed by atoms with E-state index < -0.39 is 0 Å². The minimum atomic E-state index is 0.304. The van der Waals surface area contributed by atoms with Gasteiger partial charge in [0, 0.05) is 6.42 Å². The highest BCUT2D eigenvalue weighted by molar-refractivity contribution is 8.00. The van der Waals surface area contributed by atoms with Gasteiger partial charge in [0.2, 0.25) is 0 Å². The van der Waals surface area contributed by atoms with Crippen molar-refractivity contribution in [2.24, 2.45) is 0 Å². The van der Waals surface area contributed by atoms with Crippen molar-refractivity contribution >= 4 is 17.5 Å². The molecule has 0 saturated carbocycles. The Morgan fingerprint density at radius 3 is 3.00 bits per heavy atom. The average Bonchev–Trinajstić information content (AvgIpc) is 2.15. The minimum absolute atomic E-state index is 0.304. The van der Waals surface area contributed by atoms with Gasteiger partial charge in [-0.2, -0.15) is 11.8 Å². The first-order chi connectivity index (χ1) is 5.84. The Morgan fingerprint density at radius 2 is 2.42 bits per heavy atom. The number of hydrogen-bond donors (Lipinski definition) is 0. The van der Waals surface area contributed by atoms with E-state index >= 15 is 0 Å². The molecular weight excluding hydrogens is 168 g/mol. The van der Waals surface area contributed by atoms with Gasteiger partial charge >= 0.3 is 0 Å². The van der Waals surface area contributed by atoms with E-state index in [-0.39, 0.29) is 0 Å². The second-order valence-electron chi connectivity index (χ2n) is 3.15. The van der Waals surface area contributed by atoms with Gasteiger partial charge in [-0.1, -0.05) is 12.5 Å². The summed E-state index contributed by atoms with van der Waals surface area (Å²) >= 11 is 1.84. The van der Waals surface area contributed by atoms with Gasteiger partial charge in [0.15, 0.2) is 0 Å². The van der Waals surface area contributed by atoms with Crippen LogP contribution in [0, 0.1) is 0 Å². The Labute approximate surface area is 78.6 Å². The highest BCUT2D eigenvalue weighted by Crippen LogP contribution is 2.26. The summed E-state index contributed by atoms with van der Waals surface area (Å²) < 4.78 is 0. The van der Waals surface area contributed by atoms with Crippen LogP contribution < -0.4 is 0 Å². The van der Waals surface area contributed by atoms with Gasteiger partial charge in [-0.05, 0) is 25.0 Å². The fourth-order valence-corrected chi connectivity index (χ4v) is 2.69. The lowest BCUT2D eigenvalue weighted by Gasteiger charge is -2.19. The van der Waals surface area contributed by atoms with Crippen LogP contribution in [0.3, 0.4) is 0 Å². The SMILES string of the molecule is C=CCCC(=O)C1CCCCS1. The molecule has 1 atom stereocenters. The number of ketones is 1. The van der Waals surface area contributed by atoms with E-state index in [0.29, 0.717) is 17.5 Å². The van der Waals surface area contributed by atoms with Crippen LogP contribution in [0.25, 0.3) is 0 Å². The van der Waals surface area contributed by atoms with Crippen LogP contribution in [0.4, 0.5) is 0 Å². The van der Waals surface area contributed by atoms with Crippen LogP contribution in [-0.4, -0.2) is 16.8 Å². The fourth-order valence-electron chi connectivity index (χ4n) is 1.40. The first-order valence-electron chi connectivity index (χ1n) is 4.60. The normalized spacial score (nSPS) is 23.5. The van der Waals surface area contributed by atoms with E-state index in [0.717, 1.165) is 12.8 Å². The van der Waals surface area contributed by atoms with Gasteiger partial charge in [-0.15, -0.1) is 6.58 Å². The lowest BCUT2D eigenvalue weighted by atomic mass is 10.1. The molecular formula is C10H16OS. The summed E-state index contributed by atoms with van der Waals surface area (Å²) in [5.74, 6) is 1.60. The van der Waals surface area contributed by atoms with E-state index in [9.17, 15) is 4.79 Å². The Hall–Kier alpha value is -0.240. The molecule has 12 heavy (non-hydrogen) atoms. The molecule has 1 fully saturated rings. The second-order valence-corrected chi connectivity index (χ2v) is 4.46. The molecule has 1 saturated heterocycles. The third kappa shape index (κ3) is 3.02. The molecule has 0 bridgehead atoms. The monoisotopic (exact) mass is 184 g/mol. The maximum atomic E-state index is 11.5. The van der Waals surface area contributed by atoms with Crippen molar-refractivity contribution in [1.29, 1.82) is 0 Å². The van der Waals surface area contributed by atoms with Crippen molar-refractivity contribution in [2.45, 2.75) is 37.4 Å². The van der Waals surface area contributed by atoms with E-state index in [1.807, 2.05) is 17.8 Å². The molecule has 0 amide bonds. The molecule has 1 rings (SSSR count). The molecule has 0 radical (unpaired) electrons. The highest BCUT2D eigenvalue weighted by Gasteiger charge is 2.20. The standard InChI is InChI=1S/C10H16OS/c1-2-3-6-9(11)10-7-4-5-8-12-10/h2,10H,1,3-8H2. The molecule has 1 heterocycles. The minimum Gasteiger partial charge on any atom is -0.298 e. The van der Waals surface area contributed by atoms with E-state index in [4.69, 9.17) is 0 Å². The van der Waals surface area contributed by atoms with E-state index in [1.54, 1.807) is 0 Å². The summed E-state index contributed by atoms with van der Waals surface area (Å²) in [6.45, 7) is 3.62. The number of allylic oxidation sites excluding steroid dienone is 1.